The van der Waals surface area contributed by atoms with Crippen LogP contribution >= 0.6 is 0 Å². The zero-order valence-electron chi connectivity index (χ0n) is 10.1. The van der Waals surface area contributed by atoms with Crippen LogP contribution in [0, 0.1) is 16.7 Å². The Labute approximate surface area is 93.2 Å². The molecule has 2 nitrogen and oxygen atoms in total. The van der Waals surface area contributed by atoms with E-state index in [4.69, 9.17) is 5.73 Å². The van der Waals surface area contributed by atoms with E-state index in [2.05, 4.69) is 13.8 Å². The minimum atomic E-state index is -0.0708. The number of rotatable bonds is 2. The molecule has 0 spiro atoms. The van der Waals surface area contributed by atoms with Gasteiger partial charge in [-0.2, -0.15) is 0 Å². The van der Waals surface area contributed by atoms with E-state index in [1.165, 1.54) is 25.7 Å². The largest absolute Gasteiger partial charge is 0.393 e. The summed E-state index contributed by atoms with van der Waals surface area (Å²) in [5, 5.41) is 9.52. The van der Waals surface area contributed by atoms with Crippen molar-refractivity contribution in [2.24, 2.45) is 22.5 Å². The summed E-state index contributed by atoms with van der Waals surface area (Å²) in [6.07, 6.45) is 7.15. The summed E-state index contributed by atoms with van der Waals surface area (Å²) in [5.74, 6) is 0.759. The van der Waals surface area contributed by atoms with Gasteiger partial charge < -0.3 is 10.8 Å². The summed E-state index contributed by atoms with van der Waals surface area (Å²) in [4.78, 5) is 0. The van der Waals surface area contributed by atoms with Gasteiger partial charge in [-0.05, 0) is 55.4 Å². The Morgan fingerprint density at radius 3 is 2.40 bits per heavy atom. The first-order chi connectivity index (χ1) is 6.97. The molecular formula is C13H25NO. The normalized spacial score (nSPS) is 44.8. The molecule has 0 bridgehead atoms. The second-order valence-corrected chi connectivity index (χ2v) is 6.59. The third-order valence-corrected chi connectivity index (χ3v) is 4.76. The highest BCUT2D eigenvalue weighted by Gasteiger charge is 2.49. The van der Waals surface area contributed by atoms with E-state index >= 15 is 0 Å². The lowest BCUT2D eigenvalue weighted by Gasteiger charge is -2.53. The predicted molar refractivity (Wildman–Crippen MR) is 62.5 cm³/mol. The maximum absolute atomic E-state index is 9.52. The van der Waals surface area contributed by atoms with E-state index in [1.54, 1.807) is 0 Å². The fourth-order valence-electron chi connectivity index (χ4n) is 3.77. The molecule has 2 fully saturated rings. The van der Waals surface area contributed by atoms with Gasteiger partial charge in [0.15, 0.2) is 0 Å². The monoisotopic (exact) mass is 211 g/mol. The summed E-state index contributed by atoms with van der Waals surface area (Å²) in [6, 6.07) is 0. The lowest BCUT2D eigenvalue weighted by atomic mass is 9.53. The summed E-state index contributed by atoms with van der Waals surface area (Å²) in [7, 11) is 0. The molecule has 1 unspecified atom stereocenters. The van der Waals surface area contributed by atoms with Crippen molar-refractivity contribution in [3.05, 3.63) is 0 Å². The van der Waals surface area contributed by atoms with Crippen molar-refractivity contribution >= 4 is 0 Å². The van der Waals surface area contributed by atoms with E-state index in [1.807, 2.05) is 0 Å². The van der Waals surface area contributed by atoms with Gasteiger partial charge in [0.2, 0.25) is 0 Å². The molecule has 15 heavy (non-hydrogen) atoms. The van der Waals surface area contributed by atoms with Gasteiger partial charge in [-0.1, -0.05) is 20.3 Å². The van der Waals surface area contributed by atoms with Gasteiger partial charge in [0.25, 0.3) is 0 Å². The van der Waals surface area contributed by atoms with Gasteiger partial charge in [-0.25, -0.2) is 0 Å². The van der Waals surface area contributed by atoms with Gasteiger partial charge in [0.05, 0.1) is 6.10 Å². The molecule has 0 saturated heterocycles. The first-order valence-corrected chi connectivity index (χ1v) is 6.36. The fraction of sp³-hybridized carbons (Fsp3) is 1.00. The molecule has 0 aromatic rings. The van der Waals surface area contributed by atoms with Crippen LogP contribution in [0.4, 0.5) is 0 Å². The molecule has 1 atom stereocenters. The average molecular weight is 211 g/mol. The van der Waals surface area contributed by atoms with Crippen LogP contribution in [0.15, 0.2) is 0 Å². The Balaban J connectivity index is 2.03. The smallest absolute Gasteiger partial charge is 0.0552 e. The van der Waals surface area contributed by atoms with Crippen LogP contribution in [-0.4, -0.2) is 17.8 Å². The molecule has 2 heteroatoms. The molecule has 88 valence electrons. The molecule has 3 N–H and O–H groups in total. The van der Waals surface area contributed by atoms with Crippen LogP contribution in [-0.2, 0) is 0 Å². The van der Waals surface area contributed by atoms with Gasteiger partial charge in [-0.3, -0.25) is 0 Å². The molecule has 0 heterocycles. The fourth-order valence-corrected chi connectivity index (χ4v) is 3.77. The molecule has 2 aliphatic carbocycles. The highest BCUT2D eigenvalue weighted by atomic mass is 16.3. The van der Waals surface area contributed by atoms with Crippen molar-refractivity contribution in [1.29, 1.82) is 0 Å². The first-order valence-electron chi connectivity index (χ1n) is 6.36. The van der Waals surface area contributed by atoms with Gasteiger partial charge in [0, 0.05) is 0 Å². The second kappa shape index (κ2) is 3.74. The van der Waals surface area contributed by atoms with E-state index in [-0.39, 0.29) is 11.5 Å². The van der Waals surface area contributed by atoms with Crippen molar-refractivity contribution in [1.82, 2.24) is 0 Å². The number of nitrogens with two attached hydrogens (primary N) is 1. The second-order valence-electron chi connectivity index (χ2n) is 6.59. The number of aliphatic hydroxyl groups is 1. The van der Waals surface area contributed by atoms with Crippen molar-refractivity contribution in [2.45, 2.75) is 58.5 Å². The predicted octanol–water partition coefficient (Wildman–Crippen LogP) is 2.30. The van der Waals surface area contributed by atoms with E-state index < -0.39 is 0 Å². The van der Waals surface area contributed by atoms with Gasteiger partial charge in [0.1, 0.15) is 0 Å². The Morgan fingerprint density at radius 1 is 1.27 bits per heavy atom. The number of hydrogen-bond acceptors (Lipinski definition) is 2. The van der Waals surface area contributed by atoms with Crippen LogP contribution in [0.25, 0.3) is 0 Å². The maximum atomic E-state index is 9.52. The average Bonchev–Trinajstić information content (AvgIpc) is 2.11. The molecule has 0 radical (unpaired) electrons. The van der Waals surface area contributed by atoms with Crippen molar-refractivity contribution in [3.8, 4) is 0 Å². The molecule has 0 aromatic carbocycles. The van der Waals surface area contributed by atoms with E-state index in [9.17, 15) is 5.11 Å². The van der Waals surface area contributed by atoms with Crippen LogP contribution in [0.1, 0.15) is 52.4 Å². The van der Waals surface area contributed by atoms with Crippen LogP contribution < -0.4 is 5.73 Å². The molecule has 0 aromatic heterocycles. The van der Waals surface area contributed by atoms with Gasteiger partial charge >= 0.3 is 0 Å². The third kappa shape index (κ3) is 2.07. The molecular weight excluding hydrogens is 186 g/mol. The lowest BCUT2D eigenvalue weighted by Crippen LogP contribution is -2.52. The zero-order valence-corrected chi connectivity index (χ0v) is 10.1. The molecule has 2 aliphatic rings. The third-order valence-electron chi connectivity index (χ3n) is 4.76. The van der Waals surface area contributed by atoms with Crippen LogP contribution in [0.5, 0.6) is 0 Å². The summed E-state index contributed by atoms with van der Waals surface area (Å²) >= 11 is 0. The van der Waals surface area contributed by atoms with Gasteiger partial charge in [-0.15, -0.1) is 0 Å². The molecule has 0 aliphatic heterocycles. The van der Waals surface area contributed by atoms with Crippen molar-refractivity contribution in [2.75, 3.05) is 6.54 Å². The Hall–Kier alpha value is -0.0800. The Kier molecular flexibility index (Phi) is 2.85. The minimum Gasteiger partial charge on any atom is -0.393 e. The maximum Gasteiger partial charge on any atom is 0.0552 e. The first kappa shape index (κ1) is 11.4. The summed E-state index contributed by atoms with van der Waals surface area (Å²) in [5.41, 5.74) is 6.72. The Morgan fingerprint density at radius 2 is 1.93 bits per heavy atom. The summed E-state index contributed by atoms with van der Waals surface area (Å²) < 4.78 is 0. The van der Waals surface area contributed by atoms with E-state index in [0.29, 0.717) is 5.41 Å². The standard InChI is InChI=1S/C13H25NO/c1-12(2)5-3-4-10(6-12)13(9-14)7-11(15)8-13/h10-11,15H,3-9,14H2,1-2H3. The number of aliphatic hydroxyl groups excluding tert-OH is 1. The molecule has 2 rings (SSSR count). The van der Waals surface area contributed by atoms with E-state index in [0.717, 1.165) is 25.3 Å². The quantitative estimate of drug-likeness (QED) is 0.736. The zero-order chi connectivity index (χ0) is 11.1. The minimum absolute atomic E-state index is 0.0708. The highest BCUT2D eigenvalue weighted by molar-refractivity contribution is 5.01. The topological polar surface area (TPSA) is 46.2 Å². The molecule has 0 amide bonds. The Bertz CT molecular complexity index is 231. The lowest BCUT2D eigenvalue weighted by molar-refractivity contribution is -0.0854. The summed E-state index contributed by atoms with van der Waals surface area (Å²) in [6.45, 7) is 5.52. The molecule has 2 saturated carbocycles. The SMILES string of the molecule is CC1(C)CCCC(C2(CN)CC(O)C2)C1. The highest BCUT2D eigenvalue weighted by Crippen LogP contribution is 2.54. The van der Waals surface area contributed by atoms with Crippen molar-refractivity contribution in [3.63, 3.8) is 0 Å². The number of hydrogen-bond donors (Lipinski definition) is 2. The van der Waals surface area contributed by atoms with Crippen molar-refractivity contribution < 1.29 is 5.11 Å². The van der Waals surface area contributed by atoms with Crippen LogP contribution in [0.3, 0.4) is 0 Å². The van der Waals surface area contributed by atoms with Crippen LogP contribution in [0.2, 0.25) is 0 Å².